The van der Waals surface area contributed by atoms with Crippen molar-refractivity contribution in [2.24, 2.45) is 0 Å². The lowest BCUT2D eigenvalue weighted by atomic mass is 10.0. The van der Waals surface area contributed by atoms with Crippen LogP contribution in [0, 0.1) is 0 Å². The van der Waals surface area contributed by atoms with E-state index in [4.69, 9.17) is 20.8 Å². The minimum absolute atomic E-state index is 0.0469. The van der Waals surface area contributed by atoms with Gasteiger partial charge < -0.3 is 24.5 Å². The van der Waals surface area contributed by atoms with Gasteiger partial charge >= 0.3 is 0 Å². The summed E-state index contributed by atoms with van der Waals surface area (Å²) in [6.07, 6.45) is 2.18. The third kappa shape index (κ3) is 5.78. The smallest absolute Gasteiger partial charge is 0.132 e. The van der Waals surface area contributed by atoms with Crippen LogP contribution in [0.2, 0.25) is 5.02 Å². The highest BCUT2D eigenvalue weighted by Crippen LogP contribution is 2.28. The van der Waals surface area contributed by atoms with Crippen molar-refractivity contribution in [1.82, 2.24) is 0 Å². The maximum Gasteiger partial charge on any atom is 0.132 e. The zero-order valence-corrected chi connectivity index (χ0v) is 14.6. The highest BCUT2D eigenvalue weighted by Gasteiger charge is 2.13. The molecule has 1 aromatic heterocycles. The van der Waals surface area contributed by atoms with Crippen LogP contribution in [0.25, 0.3) is 0 Å². The fourth-order valence-electron chi connectivity index (χ4n) is 2.38. The second-order valence-corrected chi connectivity index (χ2v) is 5.98. The molecule has 6 heteroatoms. The third-order valence-electron chi connectivity index (χ3n) is 3.62. The minimum atomic E-state index is -0.820. The highest BCUT2D eigenvalue weighted by molar-refractivity contribution is 6.31. The molecule has 2 atom stereocenters. The number of benzene rings is 1. The molecule has 0 saturated heterocycles. The van der Waals surface area contributed by atoms with Crippen LogP contribution in [0.5, 0.6) is 5.75 Å². The number of methoxy groups -OCH3 is 1. The van der Waals surface area contributed by atoms with Crippen LogP contribution >= 0.6 is 11.6 Å². The summed E-state index contributed by atoms with van der Waals surface area (Å²) in [5.74, 6) is 0.525. The number of phenols is 1. The fraction of sp³-hybridized carbons (Fsp3) is 0.316. The normalized spacial score (nSPS) is 13.1. The van der Waals surface area contributed by atoms with Crippen molar-refractivity contribution in [2.75, 3.05) is 13.7 Å². The number of aromatic hydroxyl groups is 1. The molecule has 25 heavy (non-hydrogen) atoms. The first-order valence-electron chi connectivity index (χ1n) is 7.81. The maximum atomic E-state index is 10.2. The van der Waals surface area contributed by atoms with Crippen LogP contribution in [-0.2, 0) is 4.74 Å². The van der Waals surface area contributed by atoms with Gasteiger partial charge in [0, 0.05) is 25.5 Å². The van der Waals surface area contributed by atoms with Crippen LogP contribution in [0.1, 0.15) is 36.4 Å². The Labute approximate surface area is 151 Å². The van der Waals surface area contributed by atoms with Crippen molar-refractivity contribution < 1.29 is 24.5 Å². The van der Waals surface area contributed by atoms with Crippen LogP contribution in [0.4, 0.5) is 0 Å². The molecule has 134 valence electrons. The van der Waals surface area contributed by atoms with Gasteiger partial charge in [0.1, 0.15) is 17.6 Å². The molecule has 0 fully saturated rings. The number of rotatable bonds is 8. The quantitative estimate of drug-likeness (QED) is 0.618. The lowest BCUT2D eigenvalue weighted by Gasteiger charge is -2.11. The molecular formula is C19H21ClO5. The molecule has 2 aromatic rings. The van der Waals surface area contributed by atoms with Crippen molar-refractivity contribution in [3.8, 4) is 5.75 Å². The van der Waals surface area contributed by atoms with Gasteiger partial charge in [0.05, 0.1) is 24.0 Å². The molecule has 0 unspecified atom stereocenters. The molecule has 5 nitrogen and oxygen atoms in total. The van der Waals surface area contributed by atoms with Crippen molar-refractivity contribution in [3.05, 3.63) is 70.3 Å². The number of phenolic OH excluding ortho intramolecular Hbond substituents is 1. The predicted molar refractivity (Wildman–Crippen MR) is 94.5 cm³/mol. The standard InChI is InChI=1S/C19H21ClO5/c1-24-12-13(10-18(23)19-6-3-9-25-19)4-2-5-17(22)15-8-7-14(21)11-16(15)20/h2-3,6-9,11,17-18,21-23H,5,10,12H2,1H3/t4?,17-,18-/m1/s1. The number of hydrogen-bond donors (Lipinski definition) is 3. The van der Waals surface area contributed by atoms with Crippen LogP contribution in [0.3, 0.4) is 0 Å². The number of furan rings is 1. The summed E-state index contributed by atoms with van der Waals surface area (Å²) >= 11 is 6.02. The van der Waals surface area contributed by atoms with Crippen molar-refractivity contribution in [3.63, 3.8) is 0 Å². The van der Waals surface area contributed by atoms with E-state index < -0.39 is 12.2 Å². The van der Waals surface area contributed by atoms with Crippen molar-refractivity contribution >= 4 is 11.6 Å². The molecule has 0 amide bonds. The molecule has 0 aliphatic rings. The van der Waals surface area contributed by atoms with Crippen molar-refractivity contribution in [2.45, 2.75) is 25.0 Å². The van der Waals surface area contributed by atoms with Gasteiger partial charge in [-0.05, 0) is 35.9 Å². The summed E-state index contributed by atoms with van der Waals surface area (Å²) in [6, 6.07) is 7.85. The van der Waals surface area contributed by atoms with E-state index in [0.717, 1.165) is 5.57 Å². The van der Waals surface area contributed by atoms with Gasteiger partial charge in [-0.3, -0.25) is 0 Å². The van der Waals surface area contributed by atoms with E-state index in [0.29, 0.717) is 29.4 Å². The Morgan fingerprint density at radius 3 is 2.76 bits per heavy atom. The van der Waals surface area contributed by atoms with Gasteiger partial charge in [-0.15, -0.1) is 5.73 Å². The van der Waals surface area contributed by atoms with Gasteiger partial charge in [-0.25, -0.2) is 0 Å². The minimum Gasteiger partial charge on any atom is -0.508 e. The van der Waals surface area contributed by atoms with E-state index in [1.165, 1.54) is 18.4 Å². The molecule has 1 heterocycles. The Hall–Kier alpha value is -2.01. The first-order valence-corrected chi connectivity index (χ1v) is 8.18. The Balaban J connectivity index is 2.05. The molecule has 0 saturated carbocycles. The van der Waals surface area contributed by atoms with E-state index in [1.54, 1.807) is 31.4 Å². The molecule has 3 N–H and O–H groups in total. The number of halogens is 1. The highest BCUT2D eigenvalue weighted by atomic mass is 35.5. The lowest BCUT2D eigenvalue weighted by Crippen LogP contribution is -2.02. The number of aliphatic hydroxyl groups excluding tert-OH is 2. The van der Waals surface area contributed by atoms with Gasteiger partial charge in [-0.1, -0.05) is 17.7 Å². The first kappa shape index (κ1) is 19.3. The summed E-state index contributed by atoms with van der Waals surface area (Å²) in [4.78, 5) is 0. The second kappa shape index (κ2) is 9.47. The predicted octanol–water partition coefficient (Wildman–Crippen LogP) is 3.91. The monoisotopic (exact) mass is 364 g/mol. The van der Waals surface area contributed by atoms with Gasteiger partial charge in [0.25, 0.3) is 0 Å². The number of hydrogen-bond acceptors (Lipinski definition) is 5. The third-order valence-corrected chi connectivity index (χ3v) is 3.95. The van der Waals surface area contributed by atoms with Gasteiger partial charge in [0.15, 0.2) is 0 Å². The second-order valence-electron chi connectivity index (χ2n) is 5.58. The molecule has 1 aromatic carbocycles. The summed E-state index contributed by atoms with van der Waals surface area (Å²) in [5.41, 5.74) is 4.33. The molecular weight excluding hydrogens is 344 g/mol. The maximum absolute atomic E-state index is 10.2. The average molecular weight is 365 g/mol. The van der Waals surface area contributed by atoms with Crippen LogP contribution in [-0.4, -0.2) is 29.0 Å². The molecule has 0 bridgehead atoms. The van der Waals surface area contributed by atoms with E-state index in [-0.39, 0.29) is 12.2 Å². The summed E-state index contributed by atoms with van der Waals surface area (Å²) < 4.78 is 10.3. The fourth-order valence-corrected chi connectivity index (χ4v) is 2.68. The topological polar surface area (TPSA) is 83.1 Å². The Bertz CT molecular complexity index is 732. The van der Waals surface area contributed by atoms with E-state index in [1.807, 2.05) is 0 Å². The van der Waals surface area contributed by atoms with Crippen molar-refractivity contribution in [1.29, 1.82) is 0 Å². The Kier molecular flexibility index (Phi) is 7.31. The molecule has 0 spiro atoms. The Morgan fingerprint density at radius 1 is 1.32 bits per heavy atom. The zero-order valence-electron chi connectivity index (χ0n) is 13.9. The van der Waals surface area contributed by atoms with E-state index >= 15 is 0 Å². The SMILES string of the molecule is COCC(=C=CC[C@@H](O)c1ccc(O)cc1Cl)C[C@@H](O)c1ccco1. The van der Waals surface area contributed by atoms with E-state index in [9.17, 15) is 15.3 Å². The Morgan fingerprint density at radius 2 is 2.12 bits per heavy atom. The van der Waals surface area contributed by atoms with Crippen LogP contribution in [0.15, 0.2) is 58.4 Å². The zero-order chi connectivity index (χ0) is 18.2. The molecule has 0 radical (unpaired) electrons. The molecule has 2 rings (SSSR count). The lowest BCUT2D eigenvalue weighted by molar-refractivity contribution is 0.141. The largest absolute Gasteiger partial charge is 0.508 e. The first-order chi connectivity index (χ1) is 12.0. The number of ether oxygens (including phenoxy) is 1. The molecule has 0 aliphatic heterocycles. The number of aliphatic hydroxyl groups is 2. The van der Waals surface area contributed by atoms with E-state index in [2.05, 4.69) is 5.73 Å². The van der Waals surface area contributed by atoms with Crippen LogP contribution < -0.4 is 0 Å². The summed E-state index contributed by atoms with van der Waals surface area (Å²) in [6.45, 7) is 0.310. The summed E-state index contributed by atoms with van der Waals surface area (Å²) in [7, 11) is 1.56. The van der Waals surface area contributed by atoms with Gasteiger partial charge in [0.2, 0.25) is 0 Å². The van der Waals surface area contributed by atoms with Gasteiger partial charge in [-0.2, -0.15) is 0 Å². The average Bonchev–Trinajstić information content (AvgIpc) is 3.09. The molecule has 0 aliphatic carbocycles. The summed E-state index contributed by atoms with van der Waals surface area (Å²) in [5, 5.41) is 30.0.